The number of methoxy groups -OCH3 is 1. The van der Waals surface area contributed by atoms with Crippen molar-refractivity contribution in [2.24, 2.45) is 5.92 Å². The molecule has 17 heavy (non-hydrogen) atoms. The predicted molar refractivity (Wildman–Crippen MR) is 68.6 cm³/mol. The normalized spacial score (nSPS) is 14.4. The molecule has 3 heteroatoms. The van der Waals surface area contributed by atoms with Gasteiger partial charge in [0.25, 0.3) is 0 Å². The number of rotatable bonds is 5. The van der Waals surface area contributed by atoms with Crippen LogP contribution < -0.4 is 5.32 Å². The second-order valence-corrected chi connectivity index (χ2v) is 4.54. The van der Waals surface area contributed by atoms with Crippen molar-refractivity contribution >= 4 is 5.97 Å². The summed E-state index contributed by atoms with van der Waals surface area (Å²) in [5.74, 6) is 0.177. The number of hydrogen-bond donors (Lipinski definition) is 1. The molecule has 1 aromatic carbocycles. The summed E-state index contributed by atoms with van der Waals surface area (Å²) in [7, 11) is 1.41. The van der Waals surface area contributed by atoms with Crippen molar-refractivity contribution in [1.82, 2.24) is 5.32 Å². The summed E-state index contributed by atoms with van der Waals surface area (Å²) in [6, 6.07) is 10.0. The highest BCUT2D eigenvalue weighted by Gasteiger charge is 2.21. The molecule has 3 nitrogen and oxygen atoms in total. The Morgan fingerprint density at radius 1 is 1.18 bits per heavy atom. The third kappa shape index (κ3) is 3.86. The van der Waals surface area contributed by atoms with Gasteiger partial charge < -0.3 is 4.74 Å². The van der Waals surface area contributed by atoms with Crippen LogP contribution in [0.1, 0.15) is 32.4 Å². The van der Waals surface area contributed by atoms with Crippen LogP contribution in [-0.2, 0) is 9.53 Å². The molecule has 0 radical (unpaired) electrons. The molecule has 0 aromatic heterocycles. The molecule has 1 rings (SSSR count). The lowest BCUT2D eigenvalue weighted by molar-refractivity contribution is -0.142. The molecule has 0 bridgehead atoms. The van der Waals surface area contributed by atoms with E-state index in [-0.39, 0.29) is 18.1 Å². The topological polar surface area (TPSA) is 38.3 Å². The number of esters is 1. The smallest absolute Gasteiger partial charge is 0.322 e. The standard InChI is InChI=1S/C14H21NO2/c1-10(2)13(12-8-6-5-7-9-12)15-11(3)14(16)17-4/h5-11,13,15H,1-4H3/t11-,13?/m0/s1. The van der Waals surface area contributed by atoms with E-state index in [9.17, 15) is 4.79 Å². The van der Waals surface area contributed by atoms with E-state index in [1.54, 1.807) is 0 Å². The minimum Gasteiger partial charge on any atom is -0.468 e. The van der Waals surface area contributed by atoms with Gasteiger partial charge in [0.2, 0.25) is 0 Å². The number of hydrogen-bond acceptors (Lipinski definition) is 3. The minimum atomic E-state index is -0.299. The van der Waals surface area contributed by atoms with Crippen molar-refractivity contribution in [3.05, 3.63) is 35.9 Å². The SMILES string of the molecule is COC(=O)[C@H](C)NC(c1ccccc1)C(C)C. The Hall–Kier alpha value is -1.35. The summed E-state index contributed by atoms with van der Waals surface area (Å²) < 4.78 is 4.73. The fourth-order valence-corrected chi connectivity index (χ4v) is 1.85. The van der Waals surface area contributed by atoms with Gasteiger partial charge in [0.15, 0.2) is 0 Å². The van der Waals surface area contributed by atoms with Crippen LogP contribution >= 0.6 is 0 Å². The van der Waals surface area contributed by atoms with Gasteiger partial charge in [-0.15, -0.1) is 0 Å². The van der Waals surface area contributed by atoms with Gasteiger partial charge in [-0.1, -0.05) is 44.2 Å². The van der Waals surface area contributed by atoms with Crippen LogP contribution in [0.25, 0.3) is 0 Å². The molecule has 0 aliphatic rings. The lowest BCUT2D eigenvalue weighted by Crippen LogP contribution is -2.39. The van der Waals surface area contributed by atoms with Crippen molar-refractivity contribution in [2.45, 2.75) is 32.9 Å². The molecular formula is C14H21NO2. The summed E-state index contributed by atoms with van der Waals surface area (Å²) in [6.45, 7) is 6.09. The third-order valence-corrected chi connectivity index (χ3v) is 2.81. The van der Waals surface area contributed by atoms with Crippen molar-refractivity contribution in [2.75, 3.05) is 7.11 Å². The minimum absolute atomic E-state index is 0.158. The molecular weight excluding hydrogens is 214 g/mol. The van der Waals surface area contributed by atoms with E-state index in [0.29, 0.717) is 5.92 Å². The average Bonchev–Trinajstić information content (AvgIpc) is 2.35. The van der Waals surface area contributed by atoms with E-state index < -0.39 is 0 Å². The second-order valence-electron chi connectivity index (χ2n) is 4.54. The fraction of sp³-hybridized carbons (Fsp3) is 0.500. The lowest BCUT2D eigenvalue weighted by Gasteiger charge is -2.25. The second kappa shape index (κ2) is 6.40. The van der Waals surface area contributed by atoms with Crippen molar-refractivity contribution in [1.29, 1.82) is 0 Å². The van der Waals surface area contributed by atoms with Gasteiger partial charge in [-0.05, 0) is 18.4 Å². The van der Waals surface area contributed by atoms with Gasteiger partial charge in [-0.25, -0.2) is 0 Å². The Balaban J connectivity index is 2.78. The highest BCUT2D eigenvalue weighted by molar-refractivity contribution is 5.75. The zero-order valence-corrected chi connectivity index (χ0v) is 10.9. The highest BCUT2D eigenvalue weighted by atomic mass is 16.5. The number of ether oxygens (including phenoxy) is 1. The molecule has 0 spiro atoms. The Bertz CT molecular complexity index is 348. The first-order valence-electron chi connectivity index (χ1n) is 5.95. The molecule has 1 aromatic rings. The summed E-state index contributed by atoms with van der Waals surface area (Å²) in [4.78, 5) is 11.4. The summed E-state index contributed by atoms with van der Waals surface area (Å²) in [6.07, 6.45) is 0. The summed E-state index contributed by atoms with van der Waals surface area (Å²) in [5.41, 5.74) is 1.19. The van der Waals surface area contributed by atoms with Crippen LogP contribution in [0.15, 0.2) is 30.3 Å². The van der Waals surface area contributed by atoms with E-state index in [1.807, 2.05) is 25.1 Å². The van der Waals surface area contributed by atoms with Gasteiger partial charge >= 0.3 is 5.97 Å². The van der Waals surface area contributed by atoms with Crippen LogP contribution in [0.2, 0.25) is 0 Å². The molecule has 0 saturated heterocycles. The van der Waals surface area contributed by atoms with Gasteiger partial charge in [-0.2, -0.15) is 0 Å². The Morgan fingerprint density at radius 2 is 1.76 bits per heavy atom. The monoisotopic (exact) mass is 235 g/mol. The third-order valence-electron chi connectivity index (χ3n) is 2.81. The summed E-state index contributed by atoms with van der Waals surface area (Å²) in [5, 5.41) is 3.31. The quantitative estimate of drug-likeness (QED) is 0.797. The molecule has 1 unspecified atom stereocenters. The van der Waals surface area contributed by atoms with Gasteiger partial charge in [0.05, 0.1) is 7.11 Å². The summed E-state index contributed by atoms with van der Waals surface area (Å²) >= 11 is 0. The van der Waals surface area contributed by atoms with Crippen LogP contribution in [-0.4, -0.2) is 19.1 Å². The molecule has 1 N–H and O–H groups in total. The maximum absolute atomic E-state index is 11.4. The number of benzene rings is 1. The Labute approximate surface area is 103 Å². The molecule has 0 heterocycles. The van der Waals surface area contributed by atoms with Crippen molar-refractivity contribution in [3.63, 3.8) is 0 Å². The Morgan fingerprint density at radius 3 is 2.24 bits per heavy atom. The van der Waals surface area contributed by atoms with E-state index in [0.717, 1.165) is 0 Å². The van der Waals surface area contributed by atoms with E-state index in [2.05, 4.69) is 31.3 Å². The maximum atomic E-state index is 11.4. The van der Waals surface area contributed by atoms with Crippen LogP contribution in [0.5, 0.6) is 0 Å². The van der Waals surface area contributed by atoms with E-state index in [1.165, 1.54) is 12.7 Å². The lowest BCUT2D eigenvalue weighted by atomic mass is 9.95. The van der Waals surface area contributed by atoms with Crippen LogP contribution in [0.3, 0.4) is 0 Å². The van der Waals surface area contributed by atoms with Gasteiger partial charge in [0, 0.05) is 6.04 Å². The first-order chi connectivity index (χ1) is 8.06. The van der Waals surface area contributed by atoms with Crippen LogP contribution in [0.4, 0.5) is 0 Å². The first kappa shape index (κ1) is 13.7. The van der Waals surface area contributed by atoms with Gasteiger partial charge in [-0.3, -0.25) is 10.1 Å². The molecule has 2 atom stereocenters. The molecule has 0 fully saturated rings. The van der Waals surface area contributed by atoms with Crippen molar-refractivity contribution < 1.29 is 9.53 Å². The Kier molecular flexibility index (Phi) is 5.16. The largest absolute Gasteiger partial charge is 0.468 e. The molecule has 94 valence electrons. The van der Waals surface area contributed by atoms with E-state index in [4.69, 9.17) is 4.74 Å². The van der Waals surface area contributed by atoms with E-state index >= 15 is 0 Å². The highest BCUT2D eigenvalue weighted by Crippen LogP contribution is 2.21. The molecule has 0 amide bonds. The molecule has 0 aliphatic carbocycles. The number of carbonyl (C=O) groups is 1. The zero-order chi connectivity index (χ0) is 12.8. The number of carbonyl (C=O) groups excluding carboxylic acids is 1. The van der Waals surface area contributed by atoms with Crippen LogP contribution in [0, 0.1) is 5.92 Å². The number of nitrogens with one attached hydrogen (secondary N) is 1. The van der Waals surface area contributed by atoms with Crippen molar-refractivity contribution in [3.8, 4) is 0 Å². The first-order valence-corrected chi connectivity index (χ1v) is 5.95. The van der Waals surface area contributed by atoms with Gasteiger partial charge in [0.1, 0.15) is 6.04 Å². The zero-order valence-electron chi connectivity index (χ0n) is 10.9. The molecule has 0 saturated carbocycles. The predicted octanol–water partition coefficient (Wildman–Crippen LogP) is 2.53. The maximum Gasteiger partial charge on any atom is 0.322 e. The average molecular weight is 235 g/mol. The fourth-order valence-electron chi connectivity index (χ4n) is 1.85. The molecule has 0 aliphatic heterocycles.